The molecule has 3 rings (SSSR count). The van der Waals surface area contributed by atoms with Gasteiger partial charge in [-0.2, -0.15) is 0 Å². The summed E-state index contributed by atoms with van der Waals surface area (Å²) < 4.78 is 0. The molecule has 1 aromatic carbocycles. The van der Waals surface area contributed by atoms with E-state index >= 15 is 0 Å². The molecule has 8 heteroatoms. The normalized spacial score (nSPS) is 25.3. The third-order valence-electron chi connectivity index (χ3n) is 5.43. The van der Waals surface area contributed by atoms with Crippen LogP contribution in [0.1, 0.15) is 48.5 Å². The Labute approximate surface area is 158 Å². The maximum Gasteiger partial charge on any atom is 0.272 e. The number of nitro groups is 1. The zero-order valence-corrected chi connectivity index (χ0v) is 15.7. The van der Waals surface area contributed by atoms with Gasteiger partial charge in [0.25, 0.3) is 11.6 Å². The fraction of sp³-hybridized carbons (Fsp3) is 0.579. The number of hydrogen-bond acceptors (Lipinski definition) is 5. The molecule has 2 aliphatic rings. The standard InChI is InChI=1S/C19H26N4O4/c1-12-10-14(5-6-16(12)23(26)27)19(25)22-9-3-4-17(22)18(24)21-15-7-8-20-13(2)11-15/h5-6,10,13,15,17,20H,3-4,7-9,11H2,1-2H3,(H,21,24). The molecule has 2 saturated heterocycles. The Bertz CT molecular complexity index is 751. The van der Waals surface area contributed by atoms with Crippen LogP contribution in [0, 0.1) is 17.0 Å². The third kappa shape index (κ3) is 4.27. The molecule has 2 N–H and O–H groups in total. The number of hydrogen-bond donors (Lipinski definition) is 2. The van der Waals surface area contributed by atoms with Crippen molar-refractivity contribution in [1.82, 2.24) is 15.5 Å². The van der Waals surface area contributed by atoms with Crippen molar-refractivity contribution in [3.05, 3.63) is 39.4 Å². The lowest BCUT2D eigenvalue weighted by atomic mass is 10.00. The van der Waals surface area contributed by atoms with Gasteiger partial charge in [-0.1, -0.05) is 0 Å². The lowest BCUT2D eigenvalue weighted by Crippen LogP contribution is -2.52. The van der Waals surface area contributed by atoms with Crippen molar-refractivity contribution in [3.8, 4) is 0 Å². The first-order valence-corrected chi connectivity index (χ1v) is 9.46. The zero-order chi connectivity index (χ0) is 19.6. The highest BCUT2D eigenvalue weighted by molar-refractivity contribution is 5.98. The van der Waals surface area contributed by atoms with E-state index < -0.39 is 11.0 Å². The van der Waals surface area contributed by atoms with E-state index in [9.17, 15) is 19.7 Å². The summed E-state index contributed by atoms with van der Waals surface area (Å²) in [5.74, 6) is -0.345. The average molecular weight is 374 g/mol. The van der Waals surface area contributed by atoms with Crippen LogP contribution in [-0.4, -0.2) is 52.9 Å². The molecule has 0 spiro atoms. The maximum atomic E-state index is 12.9. The van der Waals surface area contributed by atoms with E-state index in [4.69, 9.17) is 0 Å². The van der Waals surface area contributed by atoms with Crippen LogP contribution in [0.4, 0.5) is 5.69 Å². The van der Waals surface area contributed by atoms with E-state index in [0.717, 1.165) is 25.8 Å². The minimum absolute atomic E-state index is 0.0118. The Kier molecular flexibility index (Phi) is 5.74. The van der Waals surface area contributed by atoms with Gasteiger partial charge in [0.2, 0.25) is 5.91 Å². The highest BCUT2D eigenvalue weighted by Crippen LogP contribution is 2.24. The molecule has 2 fully saturated rings. The molecule has 1 aromatic rings. The van der Waals surface area contributed by atoms with Gasteiger partial charge in [0.1, 0.15) is 6.04 Å². The molecule has 3 atom stereocenters. The fourth-order valence-electron chi connectivity index (χ4n) is 4.00. The van der Waals surface area contributed by atoms with E-state index in [1.54, 1.807) is 11.8 Å². The number of carbonyl (C=O) groups excluding carboxylic acids is 2. The first-order valence-electron chi connectivity index (χ1n) is 9.46. The predicted molar refractivity (Wildman–Crippen MR) is 101 cm³/mol. The molecule has 2 heterocycles. The summed E-state index contributed by atoms with van der Waals surface area (Å²) in [4.78, 5) is 37.8. The smallest absolute Gasteiger partial charge is 0.272 e. The van der Waals surface area contributed by atoms with Crippen molar-refractivity contribution >= 4 is 17.5 Å². The Balaban J connectivity index is 1.69. The van der Waals surface area contributed by atoms with Gasteiger partial charge in [-0.3, -0.25) is 19.7 Å². The monoisotopic (exact) mass is 374 g/mol. The van der Waals surface area contributed by atoms with Gasteiger partial charge in [0, 0.05) is 35.8 Å². The summed E-state index contributed by atoms with van der Waals surface area (Å²) in [6.45, 7) is 5.11. The number of likely N-dealkylation sites (tertiary alicyclic amines) is 1. The second-order valence-electron chi connectivity index (χ2n) is 7.50. The minimum atomic E-state index is -0.474. The van der Waals surface area contributed by atoms with Crippen molar-refractivity contribution in [1.29, 1.82) is 0 Å². The maximum absolute atomic E-state index is 12.9. The van der Waals surface area contributed by atoms with Crippen LogP contribution < -0.4 is 10.6 Å². The highest BCUT2D eigenvalue weighted by Gasteiger charge is 2.36. The zero-order valence-electron chi connectivity index (χ0n) is 15.7. The summed E-state index contributed by atoms with van der Waals surface area (Å²) in [5, 5.41) is 17.4. The van der Waals surface area contributed by atoms with Gasteiger partial charge in [-0.15, -0.1) is 0 Å². The summed E-state index contributed by atoms with van der Waals surface area (Å²) >= 11 is 0. The number of nitrogens with one attached hydrogen (secondary N) is 2. The van der Waals surface area contributed by atoms with Gasteiger partial charge < -0.3 is 15.5 Å². The van der Waals surface area contributed by atoms with Gasteiger partial charge in [-0.05, 0) is 58.2 Å². The van der Waals surface area contributed by atoms with Crippen LogP contribution in [0.5, 0.6) is 0 Å². The van der Waals surface area contributed by atoms with Gasteiger partial charge in [-0.25, -0.2) is 0 Å². The molecule has 0 aliphatic carbocycles. The lowest BCUT2D eigenvalue weighted by Gasteiger charge is -2.31. The summed E-state index contributed by atoms with van der Waals surface area (Å²) in [6.07, 6.45) is 3.19. The van der Waals surface area contributed by atoms with Crippen molar-refractivity contribution in [2.75, 3.05) is 13.1 Å². The molecule has 27 heavy (non-hydrogen) atoms. The predicted octanol–water partition coefficient (Wildman–Crippen LogP) is 1.76. The Morgan fingerprint density at radius 3 is 2.78 bits per heavy atom. The van der Waals surface area contributed by atoms with Crippen LogP contribution >= 0.6 is 0 Å². The molecule has 8 nitrogen and oxygen atoms in total. The molecule has 0 aromatic heterocycles. The van der Waals surface area contributed by atoms with Crippen molar-refractivity contribution in [2.45, 2.75) is 57.7 Å². The number of nitro benzene ring substituents is 1. The molecular formula is C19H26N4O4. The Morgan fingerprint density at radius 1 is 1.33 bits per heavy atom. The van der Waals surface area contributed by atoms with E-state index in [1.807, 2.05) is 0 Å². The Hall–Kier alpha value is -2.48. The molecular weight excluding hydrogens is 348 g/mol. The van der Waals surface area contributed by atoms with Gasteiger partial charge in [0.05, 0.1) is 4.92 Å². The van der Waals surface area contributed by atoms with E-state index in [1.165, 1.54) is 18.2 Å². The first kappa shape index (κ1) is 19.3. The number of amides is 2. The lowest BCUT2D eigenvalue weighted by molar-refractivity contribution is -0.385. The number of rotatable bonds is 4. The van der Waals surface area contributed by atoms with Crippen LogP contribution in [-0.2, 0) is 4.79 Å². The minimum Gasteiger partial charge on any atom is -0.351 e. The van der Waals surface area contributed by atoms with Crippen LogP contribution in [0.15, 0.2) is 18.2 Å². The number of aryl methyl sites for hydroxylation is 1. The number of nitrogens with zero attached hydrogens (tertiary/aromatic N) is 2. The van der Waals surface area contributed by atoms with Crippen LogP contribution in [0.2, 0.25) is 0 Å². The second kappa shape index (κ2) is 8.04. The third-order valence-corrected chi connectivity index (χ3v) is 5.43. The molecule has 0 bridgehead atoms. The number of piperidine rings is 1. The first-order chi connectivity index (χ1) is 12.9. The van der Waals surface area contributed by atoms with Crippen molar-refractivity contribution in [2.24, 2.45) is 0 Å². The van der Waals surface area contributed by atoms with Crippen molar-refractivity contribution < 1.29 is 14.5 Å². The topological polar surface area (TPSA) is 105 Å². The summed E-state index contributed by atoms with van der Waals surface area (Å²) in [7, 11) is 0. The van der Waals surface area contributed by atoms with Gasteiger partial charge in [0.15, 0.2) is 0 Å². The molecule has 0 radical (unpaired) electrons. The van der Waals surface area contributed by atoms with Crippen molar-refractivity contribution in [3.63, 3.8) is 0 Å². The van der Waals surface area contributed by atoms with Crippen LogP contribution in [0.3, 0.4) is 0 Å². The Morgan fingerprint density at radius 2 is 2.11 bits per heavy atom. The highest BCUT2D eigenvalue weighted by atomic mass is 16.6. The van der Waals surface area contributed by atoms with Gasteiger partial charge >= 0.3 is 0 Å². The number of benzene rings is 1. The quantitative estimate of drug-likeness (QED) is 0.617. The summed E-state index contributed by atoms with van der Waals surface area (Å²) in [6, 6.07) is 4.38. The molecule has 0 saturated carbocycles. The van der Waals surface area contributed by atoms with E-state index in [-0.39, 0.29) is 23.5 Å². The molecule has 3 unspecified atom stereocenters. The van der Waals surface area contributed by atoms with E-state index in [2.05, 4.69) is 17.6 Å². The molecule has 146 valence electrons. The molecule has 2 aliphatic heterocycles. The van der Waals surface area contributed by atoms with E-state index in [0.29, 0.717) is 30.1 Å². The molecule has 2 amide bonds. The SMILES string of the molecule is Cc1cc(C(=O)N2CCCC2C(=O)NC2CCNC(C)C2)ccc1[N+](=O)[O-]. The second-order valence-corrected chi connectivity index (χ2v) is 7.50. The fourth-order valence-corrected chi connectivity index (χ4v) is 4.00. The summed E-state index contributed by atoms with van der Waals surface area (Å²) in [5.41, 5.74) is 0.810. The average Bonchev–Trinajstić information content (AvgIpc) is 3.10. The van der Waals surface area contributed by atoms with Crippen LogP contribution in [0.25, 0.3) is 0 Å². The number of carbonyl (C=O) groups is 2. The largest absolute Gasteiger partial charge is 0.351 e.